The molecule has 0 unspecified atom stereocenters. The van der Waals surface area contributed by atoms with Crippen LogP contribution in [0, 0.1) is 12.3 Å². The molecule has 1 amide bonds. The lowest BCUT2D eigenvalue weighted by atomic mass is 9.98. The Morgan fingerprint density at radius 2 is 1.86 bits per heavy atom. The number of nitrogens with two attached hydrogens (primary N) is 2. The number of sulfone groups is 1. The zero-order valence-electron chi connectivity index (χ0n) is 20.1. The molecule has 2 aromatic carbocycles. The van der Waals surface area contributed by atoms with Gasteiger partial charge in [-0.15, -0.1) is 23.1 Å². The summed E-state index contributed by atoms with van der Waals surface area (Å²) in [5, 5.41) is 7.97. The molecule has 0 aliphatic heterocycles. The Morgan fingerprint density at radius 3 is 2.43 bits per heavy atom. The summed E-state index contributed by atoms with van der Waals surface area (Å²) in [7, 11) is -3.96. The number of anilines is 3. The number of benzene rings is 2. The molecule has 0 atom stereocenters. The average Bonchev–Trinajstić information content (AvgIpc) is 3.17. The number of hydrogen-bond donors (Lipinski definition) is 3. The summed E-state index contributed by atoms with van der Waals surface area (Å²) < 4.78 is 33.2. The van der Waals surface area contributed by atoms with Crippen molar-refractivity contribution in [3.8, 4) is 11.1 Å². The fourth-order valence-electron chi connectivity index (χ4n) is 3.49. The van der Waals surface area contributed by atoms with Gasteiger partial charge in [0.05, 0.1) is 20.3 Å². The maximum atomic E-state index is 13.7. The average molecular weight is 533 g/mol. The van der Waals surface area contributed by atoms with E-state index >= 15 is 0 Å². The van der Waals surface area contributed by atoms with Crippen molar-refractivity contribution >= 4 is 61.7 Å². The number of aryl methyl sites for hydroxylation is 1. The molecule has 5 N–H and O–H groups in total. The standard InChI is InChI=1S/C24H28N4O4S3/c1-14-9-16(26)11-18(27)21(14)15-7-6-8-17(10-15)35(30,31)19-12-20(34-22(19)33-5)28(13-25)23(29)32-24(2,3)4/h6-13,25H,26-27H2,1-5H3. The summed E-state index contributed by atoms with van der Waals surface area (Å²) in [6.07, 6.45) is 1.81. The van der Waals surface area contributed by atoms with Crippen LogP contribution in [0.2, 0.25) is 0 Å². The van der Waals surface area contributed by atoms with Gasteiger partial charge >= 0.3 is 6.09 Å². The minimum absolute atomic E-state index is 0.0551. The molecule has 11 heteroatoms. The lowest BCUT2D eigenvalue weighted by Gasteiger charge is -2.23. The third-order valence-electron chi connectivity index (χ3n) is 4.91. The molecule has 0 saturated carbocycles. The molecule has 0 saturated heterocycles. The highest BCUT2D eigenvalue weighted by Crippen LogP contribution is 2.42. The number of hydrogen-bond acceptors (Lipinski definition) is 9. The highest BCUT2D eigenvalue weighted by Gasteiger charge is 2.29. The fraction of sp³-hybridized carbons (Fsp3) is 0.250. The SMILES string of the molecule is CSc1sc(N(C=N)C(=O)OC(C)(C)C)cc1S(=O)(=O)c1cccc(-c2c(C)cc(N)cc2N)c1. The van der Waals surface area contributed by atoms with E-state index < -0.39 is 21.5 Å². The number of nitrogens with one attached hydrogen (secondary N) is 1. The van der Waals surface area contributed by atoms with Crippen molar-refractivity contribution < 1.29 is 17.9 Å². The van der Waals surface area contributed by atoms with Crippen LogP contribution in [-0.4, -0.2) is 32.7 Å². The van der Waals surface area contributed by atoms with Crippen molar-refractivity contribution in [2.45, 2.75) is 47.3 Å². The third-order valence-corrected chi connectivity index (χ3v) is 9.21. The second kappa shape index (κ2) is 9.92. The van der Waals surface area contributed by atoms with E-state index in [1.54, 1.807) is 57.4 Å². The van der Waals surface area contributed by atoms with Crippen molar-refractivity contribution in [1.29, 1.82) is 5.41 Å². The minimum atomic E-state index is -3.96. The summed E-state index contributed by atoms with van der Waals surface area (Å²) in [4.78, 5) is 13.7. The molecule has 0 fully saturated rings. The molecule has 0 bridgehead atoms. The molecular weight excluding hydrogens is 504 g/mol. The summed E-state index contributed by atoms with van der Waals surface area (Å²) >= 11 is 2.35. The fourth-order valence-corrected chi connectivity index (χ4v) is 7.48. The van der Waals surface area contributed by atoms with Gasteiger partial charge in [0.15, 0.2) is 0 Å². The molecule has 1 heterocycles. The van der Waals surface area contributed by atoms with E-state index in [0.717, 1.165) is 28.1 Å². The van der Waals surface area contributed by atoms with Gasteiger partial charge in [-0.3, -0.25) is 5.41 Å². The van der Waals surface area contributed by atoms with Gasteiger partial charge in [0.25, 0.3) is 0 Å². The minimum Gasteiger partial charge on any atom is -0.443 e. The Hall–Kier alpha value is -3.02. The van der Waals surface area contributed by atoms with Crippen LogP contribution in [0.5, 0.6) is 0 Å². The van der Waals surface area contributed by atoms with E-state index in [9.17, 15) is 13.2 Å². The first-order valence-electron chi connectivity index (χ1n) is 10.5. The van der Waals surface area contributed by atoms with Gasteiger partial charge in [-0.2, -0.15) is 0 Å². The highest BCUT2D eigenvalue weighted by atomic mass is 32.2. The van der Waals surface area contributed by atoms with Gasteiger partial charge < -0.3 is 16.2 Å². The molecule has 3 aromatic rings. The molecule has 0 spiro atoms. The number of nitrogens with zero attached hydrogens (tertiary/aromatic N) is 1. The largest absolute Gasteiger partial charge is 0.443 e. The number of thioether (sulfide) groups is 1. The van der Waals surface area contributed by atoms with Gasteiger partial charge in [0.2, 0.25) is 9.84 Å². The lowest BCUT2D eigenvalue weighted by molar-refractivity contribution is 0.0606. The van der Waals surface area contributed by atoms with Crippen molar-refractivity contribution in [2.24, 2.45) is 0 Å². The van der Waals surface area contributed by atoms with Crippen LogP contribution >= 0.6 is 23.1 Å². The molecule has 8 nitrogen and oxygen atoms in total. The third kappa shape index (κ3) is 5.63. The summed E-state index contributed by atoms with van der Waals surface area (Å²) in [5.74, 6) is 0. The molecule has 186 valence electrons. The van der Waals surface area contributed by atoms with E-state index in [4.69, 9.17) is 21.6 Å². The normalized spacial score (nSPS) is 11.8. The first-order chi connectivity index (χ1) is 16.3. The van der Waals surface area contributed by atoms with E-state index in [1.165, 1.54) is 23.9 Å². The topological polar surface area (TPSA) is 140 Å². The summed E-state index contributed by atoms with van der Waals surface area (Å²) in [6.45, 7) is 7.01. The number of carbonyl (C=O) groups is 1. The maximum absolute atomic E-state index is 13.7. The van der Waals surface area contributed by atoms with Crippen LogP contribution in [-0.2, 0) is 14.6 Å². The van der Waals surface area contributed by atoms with Crippen LogP contribution in [0.1, 0.15) is 26.3 Å². The van der Waals surface area contributed by atoms with E-state index in [-0.39, 0.29) is 14.8 Å². The Kier molecular flexibility index (Phi) is 7.53. The first-order valence-corrected chi connectivity index (χ1v) is 14.0. The predicted octanol–water partition coefficient (Wildman–Crippen LogP) is 5.79. The monoisotopic (exact) mass is 532 g/mol. The van der Waals surface area contributed by atoms with Gasteiger partial charge in [0, 0.05) is 16.9 Å². The van der Waals surface area contributed by atoms with Crippen molar-refractivity contribution in [1.82, 2.24) is 0 Å². The number of carbonyl (C=O) groups excluding carboxylic acids is 1. The maximum Gasteiger partial charge on any atom is 0.420 e. The zero-order valence-corrected chi connectivity index (χ0v) is 22.5. The first kappa shape index (κ1) is 26.6. The zero-order chi connectivity index (χ0) is 26.1. The van der Waals surface area contributed by atoms with Crippen molar-refractivity contribution in [2.75, 3.05) is 22.6 Å². The molecule has 0 aliphatic carbocycles. The number of rotatable bonds is 6. The summed E-state index contributed by atoms with van der Waals surface area (Å²) in [6, 6.07) is 11.4. The number of thiophene rings is 1. The number of nitrogen functional groups attached to an aromatic ring is 2. The number of amides is 1. The highest BCUT2D eigenvalue weighted by molar-refractivity contribution is 8.01. The van der Waals surface area contributed by atoms with Gasteiger partial charge in [0.1, 0.15) is 10.6 Å². The Labute approximate surface area is 213 Å². The van der Waals surface area contributed by atoms with Gasteiger partial charge in [-0.05, 0) is 75.4 Å². The molecule has 0 radical (unpaired) electrons. The molecule has 0 aliphatic rings. The van der Waals surface area contributed by atoms with E-state index in [0.29, 0.717) is 26.7 Å². The quantitative estimate of drug-likeness (QED) is 0.158. The lowest BCUT2D eigenvalue weighted by Crippen LogP contribution is -2.35. The number of ether oxygens (including phenoxy) is 1. The van der Waals surface area contributed by atoms with Crippen LogP contribution in [0.15, 0.2) is 56.5 Å². The van der Waals surface area contributed by atoms with Gasteiger partial charge in [-0.1, -0.05) is 12.1 Å². The molecular formula is C24H28N4O4S3. The second-order valence-corrected chi connectivity index (χ2v) is 12.8. The van der Waals surface area contributed by atoms with Gasteiger partial charge in [-0.25, -0.2) is 18.1 Å². The molecule has 3 rings (SSSR count). The van der Waals surface area contributed by atoms with Crippen LogP contribution in [0.3, 0.4) is 0 Å². The smallest absolute Gasteiger partial charge is 0.420 e. The van der Waals surface area contributed by atoms with Crippen molar-refractivity contribution in [3.63, 3.8) is 0 Å². The van der Waals surface area contributed by atoms with Crippen LogP contribution < -0.4 is 16.4 Å². The molecule has 1 aromatic heterocycles. The Balaban J connectivity index is 2.08. The van der Waals surface area contributed by atoms with Crippen LogP contribution in [0.25, 0.3) is 11.1 Å². The van der Waals surface area contributed by atoms with E-state index in [1.807, 2.05) is 6.92 Å². The summed E-state index contributed by atoms with van der Waals surface area (Å²) in [5.41, 5.74) is 14.5. The predicted molar refractivity (Wildman–Crippen MR) is 144 cm³/mol. The second-order valence-electron chi connectivity index (χ2n) is 8.75. The molecule has 35 heavy (non-hydrogen) atoms. The Bertz CT molecular complexity index is 1370. The van der Waals surface area contributed by atoms with Crippen LogP contribution in [0.4, 0.5) is 21.2 Å². The van der Waals surface area contributed by atoms with Crippen molar-refractivity contribution in [3.05, 3.63) is 48.0 Å². The van der Waals surface area contributed by atoms with E-state index in [2.05, 4.69) is 0 Å². The Morgan fingerprint density at radius 1 is 1.17 bits per heavy atom.